The molecular formula is C27H36Cl3N7O. The molecule has 0 spiro atoms. The van der Waals surface area contributed by atoms with Crippen molar-refractivity contribution in [2.75, 3.05) is 24.5 Å². The van der Waals surface area contributed by atoms with Crippen molar-refractivity contribution in [1.29, 1.82) is 0 Å². The van der Waals surface area contributed by atoms with E-state index in [1.54, 1.807) is 6.07 Å². The molecule has 1 amide bonds. The van der Waals surface area contributed by atoms with Gasteiger partial charge in [-0.25, -0.2) is 14.6 Å². The predicted molar refractivity (Wildman–Crippen MR) is 156 cm³/mol. The molecule has 4 atom stereocenters. The summed E-state index contributed by atoms with van der Waals surface area (Å²) in [5.74, 6) is 1.14. The van der Waals surface area contributed by atoms with E-state index < -0.39 is 0 Å². The lowest BCUT2D eigenvalue weighted by Gasteiger charge is -2.43. The number of hydrogen-bond donors (Lipinski definition) is 1. The summed E-state index contributed by atoms with van der Waals surface area (Å²) in [4.78, 5) is 26.1. The van der Waals surface area contributed by atoms with Crippen LogP contribution in [0.1, 0.15) is 63.3 Å². The van der Waals surface area contributed by atoms with E-state index in [1.807, 2.05) is 29.9 Å². The molecule has 1 unspecified atom stereocenters. The van der Waals surface area contributed by atoms with Crippen LogP contribution in [0.25, 0.3) is 11.2 Å². The van der Waals surface area contributed by atoms with Crippen molar-refractivity contribution in [2.24, 2.45) is 11.7 Å². The van der Waals surface area contributed by atoms with Gasteiger partial charge >= 0.3 is 0 Å². The molecule has 2 N–H and O–H groups in total. The van der Waals surface area contributed by atoms with E-state index in [0.29, 0.717) is 34.5 Å². The molecule has 206 valence electrons. The zero-order valence-corrected chi connectivity index (χ0v) is 24.4. The second kappa shape index (κ2) is 11.9. The van der Waals surface area contributed by atoms with E-state index >= 15 is 0 Å². The molecule has 8 nitrogen and oxygen atoms in total. The Bertz CT molecular complexity index is 1300. The average molecular weight is 581 g/mol. The highest BCUT2D eigenvalue weighted by Crippen LogP contribution is 2.34. The van der Waals surface area contributed by atoms with Gasteiger partial charge in [0.15, 0.2) is 5.65 Å². The van der Waals surface area contributed by atoms with Gasteiger partial charge in [-0.15, -0.1) is 12.4 Å². The number of carbonyl (C=O) groups is 1. The Balaban J connectivity index is 0.00000336. The van der Waals surface area contributed by atoms with Gasteiger partial charge in [0.1, 0.15) is 11.3 Å². The van der Waals surface area contributed by atoms with Crippen LogP contribution in [0.2, 0.25) is 10.0 Å². The third-order valence-corrected chi connectivity index (χ3v) is 8.66. The molecule has 2 aliphatic heterocycles. The number of nitrogens with two attached hydrogens (primary N) is 1. The Morgan fingerprint density at radius 3 is 2.74 bits per heavy atom. The van der Waals surface area contributed by atoms with Crippen LogP contribution in [-0.4, -0.2) is 62.3 Å². The van der Waals surface area contributed by atoms with Gasteiger partial charge in [0.2, 0.25) is 5.91 Å². The topological polar surface area (TPSA) is 93.2 Å². The van der Waals surface area contributed by atoms with Gasteiger partial charge in [-0.1, -0.05) is 36.2 Å². The number of aryl methyl sites for hydroxylation is 1. The minimum Gasteiger partial charge on any atom is -0.370 e. The van der Waals surface area contributed by atoms with Crippen molar-refractivity contribution < 1.29 is 4.79 Å². The van der Waals surface area contributed by atoms with Gasteiger partial charge in [0.25, 0.3) is 0 Å². The first-order valence-electron chi connectivity index (χ1n) is 13.2. The number of aromatic nitrogens is 4. The Labute approximate surface area is 240 Å². The number of fused-ring (bicyclic) bond motifs is 1. The standard InChI is InChI=1S/C27H35Cl2N7O.ClH/c1-16-15-34(12-10-23(16)35-11-4-5-20(35)7-9-24(30)37)25-14-31-26-17(2)33-36(27(26)32-25)18(3)21-8-6-19(28)13-22(21)29;/h6,8,13-14,16,18,20,23H,4-5,7,9-12,15H2,1-3H3,(H2,30,37);1H/t16-,18-,20+,23?;/m1./s1. The third-order valence-electron chi connectivity index (χ3n) is 8.09. The number of halogens is 3. The maximum Gasteiger partial charge on any atom is 0.217 e. The zero-order valence-electron chi connectivity index (χ0n) is 22.1. The smallest absolute Gasteiger partial charge is 0.217 e. The van der Waals surface area contributed by atoms with Crippen LogP contribution in [-0.2, 0) is 4.79 Å². The second-order valence-corrected chi connectivity index (χ2v) is 11.4. The Morgan fingerprint density at radius 2 is 2.03 bits per heavy atom. The number of amides is 1. The summed E-state index contributed by atoms with van der Waals surface area (Å²) >= 11 is 12.6. The highest BCUT2D eigenvalue weighted by Gasteiger charge is 2.37. The van der Waals surface area contributed by atoms with E-state index in [-0.39, 0.29) is 24.4 Å². The number of rotatable bonds is 7. The molecule has 1 aromatic carbocycles. The SMILES string of the molecule is Cc1nn([C@H](C)c2ccc(Cl)cc2Cl)c2nc(N3CCC(N4CCC[C@H]4CCC(N)=O)[C@H](C)C3)cnc12.Cl. The maximum absolute atomic E-state index is 11.3. The molecule has 3 aromatic rings. The van der Waals surface area contributed by atoms with Gasteiger partial charge < -0.3 is 10.6 Å². The van der Waals surface area contributed by atoms with Crippen molar-refractivity contribution in [3.63, 3.8) is 0 Å². The van der Waals surface area contributed by atoms with Crippen LogP contribution < -0.4 is 10.6 Å². The van der Waals surface area contributed by atoms with E-state index in [9.17, 15) is 4.79 Å². The number of carbonyl (C=O) groups excluding carboxylic acids is 1. The monoisotopic (exact) mass is 579 g/mol. The fourth-order valence-corrected chi connectivity index (χ4v) is 6.75. The first-order valence-corrected chi connectivity index (χ1v) is 13.9. The summed E-state index contributed by atoms with van der Waals surface area (Å²) in [5.41, 5.74) is 8.77. The summed E-state index contributed by atoms with van der Waals surface area (Å²) < 4.78 is 1.92. The van der Waals surface area contributed by atoms with E-state index in [2.05, 4.69) is 23.6 Å². The minimum absolute atomic E-state index is 0. The zero-order chi connectivity index (χ0) is 26.3. The van der Waals surface area contributed by atoms with Gasteiger partial charge in [0.05, 0.1) is 17.9 Å². The number of primary amides is 1. The van der Waals surface area contributed by atoms with E-state index in [0.717, 1.165) is 67.1 Å². The lowest BCUT2D eigenvalue weighted by Crippen LogP contribution is -2.52. The summed E-state index contributed by atoms with van der Waals surface area (Å²) in [6.45, 7) is 9.28. The molecule has 2 aromatic heterocycles. The van der Waals surface area contributed by atoms with Gasteiger partial charge in [0, 0.05) is 41.6 Å². The van der Waals surface area contributed by atoms with E-state index in [1.165, 1.54) is 6.42 Å². The third kappa shape index (κ3) is 5.74. The molecule has 4 heterocycles. The van der Waals surface area contributed by atoms with Gasteiger partial charge in [-0.3, -0.25) is 9.69 Å². The molecule has 0 aliphatic carbocycles. The number of benzene rings is 1. The van der Waals surface area contributed by atoms with Gasteiger partial charge in [-0.05, 0) is 69.7 Å². The molecule has 5 rings (SSSR count). The first kappa shape index (κ1) is 28.9. The van der Waals surface area contributed by atoms with Crippen LogP contribution in [0.3, 0.4) is 0 Å². The van der Waals surface area contributed by atoms with Crippen LogP contribution in [0, 0.1) is 12.8 Å². The Kier molecular flexibility index (Phi) is 9.07. The quantitative estimate of drug-likeness (QED) is 0.401. The number of likely N-dealkylation sites (tertiary alicyclic amines) is 1. The highest BCUT2D eigenvalue weighted by atomic mass is 35.5. The summed E-state index contributed by atoms with van der Waals surface area (Å²) in [6, 6.07) is 6.39. The van der Waals surface area contributed by atoms with Crippen LogP contribution in [0.15, 0.2) is 24.4 Å². The maximum atomic E-state index is 11.3. The lowest BCUT2D eigenvalue weighted by atomic mass is 9.91. The summed E-state index contributed by atoms with van der Waals surface area (Å²) in [6.07, 6.45) is 6.61. The normalized spacial score (nSPS) is 23.0. The number of nitrogens with zero attached hydrogens (tertiary/aromatic N) is 6. The molecule has 0 saturated carbocycles. The van der Waals surface area contributed by atoms with Crippen LogP contribution >= 0.6 is 35.6 Å². The molecule has 38 heavy (non-hydrogen) atoms. The molecule has 0 bridgehead atoms. The minimum atomic E-state index is -0.203. The number of anilines is 1. The molecule has 11 heteroatoms. The average Bonchev–Trinajstić information content (AvgIpc) is 3.46. The van der Waals surface area contributed by atoms with Crippen molar-refractivity contribution >= 4 is 58.5 Å². The van der Waals surface area contributed by atoms with Crippen LogP contribution in [0.4, 0.5) is 5.82 Å². The second-order valence-electron chi connectivity index (χ2n) is 10.6. The van der Waals surface area contributed by atoms with Crippen LogP contribution in [0.5, 0.6) is 0 Å². The molecule has 2 fully saturated rings. The lowest BCUT2D eigenvalue weighted by molar-refractivity contribution is -0.118. The number of hydrogen-bond acceptors (Lipinski definition) is 6. The Morgan fingerprint density at radius 1 is 1.24 bits per heavy atom. The summed E-state index contributed by atoms with van der Waals surface area (Å²) in [7, 11) is 0. The number of piperidine rings is 1. The largest absolute Gasteiger partial charge is 0.370 e. The molecule has 2 saturated heterocycles. The first-order chi connectivity index (χ1) is 17.7. The van der Waals surface area contributed by atoms with Gasteiger partial charge in [-0.2, -0.15) is 5.10 Å². The molecule has 0 radical (unpaired) electrons. The van der Waals surface area contributed by atoms with Crippen molar-refractivity contribution in [3.05, 3.63) is 45.7 Å². The van der Waals surface area contributed by atoms with Crippen molar-refractivity contribution in [2.45, 2.75) is 71.0 Å². The summed E-state index contributed by atoms with van der Waals surface area (Å²) in [5, 5.41) is 5.99. The fraction of sp³-hybridized carbons (Fsp3) is 0.556. The highest BCUT2D eigenvalue weighted by molar-refractivity contribution is 6.35. The van der Waals surface area contributed by atoms with E-state index in [4.69, 9.17) is 44.0 Å². The van der Waals surface area contributed by atoms with Crippen molar-refractivity contribution in [1.82, 2.24) is 24.6 Å². The predicted octanol–water partition coefficient (Wildman–Crippen LogP) is 5.42. The Hall–Kier alpha value is -2.13. The fourth-order valence-electron chi connectivity index (χ4n) is 6.18. The van der Waals surface area contributed by atoms with Crippen molar-refractivity contribution in [3.8, 4) is 0 Å². The molecule has 2 aliphatic rings. The molecular weight excluding hydrogens is 545 g/mol.